The molecule has 0 aliphatic carbocycles. The summed E-state index contributed by atoms with van der Waals surface area (Å²) >= 11 is 1.71. The molecule has 0 saturated carbocycles. The summed E-state index contributed by atoms with van der Waals surface area (Å²) in [5.41, 5.74) is 8.34. The highest BCUT2D eigenvalue weighted by atomic mass is 35.5. The van der Waals surface area contributed by atoms with Gasteiger partial charge in [0.15, 0.2) is 0 Å². The Kier molecular flexibility index (Phi) is 10.5. The van der Waals surface area contributed by atoms with E-state index in [1.165, 1.54) is 31.5 Å². The summed E-state index contributed by atoms with van der Waals surface area (Å²) in [6, 6.07) is 8.16. The Labute approximate surface area is 162 Å². The number of thioether (sulfide) groups is 1. The molecule has 1 atom stereocenters. The monoisotopic (exact) mass is 385 g/mol. The summed E-state index contributed by atoms with van der Waals surface area (Å²) in [7, 11) is 0. The van der Waals surface area contributed by atoms with E-state index < -0.39 is 6.04 Å². The highest BCUT2D eigenvalue weighted by molar-refractivity contribution is 7.98. The zero-order valence-electron chi connectivity index (χ0n) is 15.4. The molecule has 1 aliphatic heterocycles. The number of piperidine rings is 1. The molecule has 1 aliphatic rings. The van der Waals surface area contributed by atoms with Crippen LogP contribution in [0.3, 0.4) is 0 Å². The number of hydrogen-bond acceptors (Lipinski definition) is 4. The minimum Gasteiger partial charge on any atom is -0.351 e. The van der Waals surface area contributed by atoms with E-state index in [0.29, 0.717) is 6.54 Å². The smallest absolute Gasteiger partial charge is 0.237 e. The maximum Gasteiger partial charge on any atom is 0.237 e. The van der Waals surface area contributed by atoms with Crippen molar-refractivity contribution in [3.05, 3.63) is 35.4 Å². The first-order chi connectivity index (χ1) is 11.6. The lowest BCUT2D eigenvalue weighted by atomic mass is 9.99. The molecule has 6 heteroatoms. The van der Waals surface area contributed by atoms with Gasteiger partial charge in [-0.2, -0.15) is 11.8 Å². The molecule has 4 nitrogen and oxygen atoms in total. The van der Waals surface area contributed by atoms with Gasteiger partial charge in [-0.05, 0) is 61.4 Å². The fourth-order valence-corrected chi connectivity index (χ4v) is 3.43. The van der Waals surface area contributed by atoms with Gasteiger partial charge in [0, 0.05) is 13.1 Å². The Balaban J connectivity index is 0.00000312. The number of nitrogens with one attached hydrogen (secondary N) is 1. The number of nitrogens with zero attached hydrogens (tertiary/aromatic N) is 1. The zero-order chi connectivity index (χ0) is 17.4. The molecule has 0 bridgehead atoms. The van der Waals surface area contributed by atoms with Crippen LogP contribution in [0.2, 0.25) is 0 Å². The molecule has 1 heterocycles. The highest BCUT2D eigenvalue weighted by Crippen LogP contribution is 2.18. The minimum absolute atomic E-state index is 0. The first kappa shape index (κ1) is 22.3. The van der Waals surface area contributed by atoms with Crippen LogP contribution in [-0.4, -0.2) is 41.9 Å². The van der Waals surface area contributed by atoms with Crippen molar-refractivity contribution in [2.24, 2.45) is 11.7 Å². The van der Waals surface area contributed by atoms with Gasteiger partial charge in [-0.25, -0.2) is 0 Å². The first-order valence-corrected chi connectivity index (χ1v) is 10.3. The summed E-state index contributed by atoms with van der Waals surface area (Å²) in [6.07, 6.45) is 5.36. The van der Waals surface area contributed by atoms with Gasteiger partial charge in [0.1, 0.15) is 0 Å². The number of nitrogens with two attached hydrogens (primary N) is 1. The van der Waals surface area contributed by atoms with Gasteiger partial charge in [0.2, 0.25) is 5.91 Å². The second kappa shape index (κ2) is 11.8. The third kappa shape index (κ3) is 7.99. The molecule has 1 aromatic rings. The van der Waals surface area contributed by atoms with Crippen molar-refractivity contribution >= 4 is 30.1 Å². The molecular formula is C19H32ClN3OS. The maximum atomic E-state index is 11.9. The number of rotatable bonds is 8. The maximum absolute atomic E-state index is 11.9. The van der Waals surface area contributed by atoms with E-state index in [9.17, 15) is 4.79 Å². The van der Waals surface area contributed by atoms with Gasteiger partial charge in [-0.15, -0.1) is 12.4 Å². The van der Waals surface area contributed by atoms with Gasteiger partial charge >= 0.3 is 0 Å². The molecule has 2 rings (SSSR count). The van der Waals surface area contributed by atoms with E-state index in [-0.39, 0.29) is 18.3 Å². The summed E-state index contributed by atoms with van der Waals surface area (Å²) in [6.45, 7) is 6.32. The second-order valence-electron chi connectivity index (χ2n) is 6.88. The average molecular weight is 386 g/mol. The van der Waals surface area contributed by atoms with Crippen LogP contribution in [0.25, 0.3) is 0 Å². The molecule has 25 heavy (non-hydrogen) atoms. The summed E-state index contributed by atoms with van der Waals surface area (Å²) < 4.78 is 0. The van der Waals surface area contributed by atoms with Crippen molar-refractivity contribution in [1.29, 1.82) is 0 Å². The Bertz CT molecular complexity index is 504. The zero-order valence-corrected chi connectivity index (χ0v) is 17.0. The standard InChI is InChI=1S/C19H31N3OS.ClH/c1-15-7-10-22(11-8-15)14-17-5-3-16(4-6-17)13-21-19(23)18(20)9-12-24-2;/h3-6,15,18H,7-14,20H2,1-2H3,(H,21,23);1H. The molecule has 1 saturated heterocycles. The van der Waals surface area contributed by atoms with E-state index >= 15 is 0 Å². The van der Waals surface area contributed by atoms with Crippen molar-refractivity contribution in [3.8, 4) is 0 Å². The SMILES string of the molecule is CSCCC(N)C(=O)NCc1ccc(CN2CCC(C)CC2)cc1.Cl. The molecule has 1 fully saturated rings. The molecule has 142 valence electrons. The quantitative estimate of drug-likeness (QED) is 0.722. The fourth-order valence-electron chi connectivity index (χ4n) is 2.94. The minimum atomic E-state index is -0.404. The number of carbonyl (C=O) groups excluding carboxylic acids is 1. The van der Waals surface area contributed by atoms with Crippen molar-refractivity contribution < 1.29 is 4.79 Å². The number of hydrogen-bond donors (Lipinski definition) is 2. The van der Waals surface area contributed by atoms with Crippen LogP contribution in [0.4, 0.5) is 0 Å². The molecule has 0 aromatic heterocycles. The van der Waals surface area contributed by atoms with Crippen LogP contribution in [0.5, 0.6) is 0 Å². The second-order valence-corrected chi connectivity index (χ2v) is 7.87. The molecule has 3 N–H and O–H groups in total. The number of benzene rings is 1. The van der Waals surface area contributed by atoms with E-state index in [0.717, 1.165) is 30.2 Å². The predicted octanol–water partition coefficient (Wildman–Crippen LogP) is 3.04. The highest BCUT2D eigenvalue weighted by Gasteiger charge is 2.15. The molecule has 1 unspecified atom stereocenters. The van der Waals surface area contributed by atoms with Crippen LogP contribution in [0.15, 0.2) is 24.3 Å². The molecule has 1 aromatic carbocycles. The normalized spacial score (nSPS) is 16.9. The van der Waals surface area contributed by atoms with Crippen LogP contribution in [-0.2, 0) is 17.9 Å². The largest absolute Gasteiger partial charge is 0.351 e. The predicted molar refractivity (Wildman–Crippen MR) is 110 cm³/mol. The Morgan fingerprint density at radius 2 is 1.88 bits per heavy atom. The van der Waals surface area contributed by atoms with Crippen LogP contribution < -0.4 is 11.1 Å². The Morgan fingerprint density at radius 1 is 1.28 bits per heavy atom. The third-order valence-corrected chi connectivity index (χ3v) is 5.39. The summed E-state index contributed by atoms with van der Waals surface area (Å²) in [4.78, 5) is 14.5. The number of carbonyl (C=O) groups is 1. The lowest BCUT2D eigenvalue weighted by Gasteiger charge is -2.30. The average Bonchev–Trinajstić information content (AvgIpc) is 2.60. The van der Waals surface area contributed by atoms with Crippen LogP contribution in [0.1, 0.15) is 37.3 Å². The fraction of sp³-hybridized carbons (Fsp3) is 0.632. The van der Waals surface area contributed by atoms with E-state index in [1.54, 1.807) is 11.8 Å². The molecule has 1 amide bonds. The molecular weight excluding hydrogens is 354 g/mol. The summed E-state index contributed by atoms with van der Waals surface area (Å²) in [5, 5.41) is 2.93. The van der Waals surface area contributed by atoms with Gasteiger partial charge in [-0.1, -0.05) is 31.2 Å². The van der Waals surface area contributed by atoms with Gasteiger partial charge in [0.05, 0.1) is 6.04 Å². The van der Waals surface area contributed by atoms with E-state index in [4.69, 9.17) is 5.73 Å². The van der Waals surface area contributed by atoms with Gasteiger partial charge < -0.3 is 11.1 Å². The summed E-state index contributed by atoms with van der Waals surface area (Å²) in [5.74, 6) is 1.73. The lowest BCUT2D eigenvalue weighted by molar-refractivity contribution is -0.122. The van der Waals surface area contributed by atoms with Gasteiger partial charge in [-0.3, -0.25) is 9.69 Å². The third-order valence-electron chi connectivity index (χ3n) is 4.74. The number of amides is 1. The first-order valence-electron chi connectivity index (χ1n) is 8.91. The van der Waals surface area contributed by atoms with Crippen molar-refractivity contribution in [3.63, 3.8) is 0 Å². The van der Waals surface area contributed by atoms with Crippen LogP contribution >= 0.6 is 24.2 Å². The van der Waals surface area contributed by atoms with Crippen molar-refractivity contribution in [2.45, 2.75) is 45.3 Å². The van der Waals surface area contributed by atoms with Gasteiger partial charge in [0.25, 0.3) is 0 Å². The van der Waals surface area contributed by atoms with E-state index in [2.05, 4.69) is 41.4 Å². The lowest BCUT2D eigenvalue weighted by Crippen LogP contribution is -2.40. The topological polar surface area (TPSA) is 58.4 Å². The molecule has 0 spiro atoms. The van der Waals surface area contributed by atoms with Crippen molar-refractivity contribution in [1.82, 2.24) is 10.2 Å². The number of halogens is 1. The number of likely N-dealkylation sites (tertiary alicyclic amines) is 1. The Hall–Kier alpha value is -0.750. The van der Waals surface area contributed by atoms with Crippen LogP contribution in [0, 0.1) is 5.92 Å². The van der Waals surface area contributed by atoms with E-state index in [1.807, 2.05) is 6.26 Å². The van der Waals surface area contributed by atoms with Crippen molar-refractivity contribution in [2.75, 3.05) is 25.1 Å². The Morgan fingerprint density at radius 3 is 2.48 bits per heavy atom. The molecule has 0 radical (unpaired) electrons.